The molecule has 0 radical (unpaired) electrons. The molecule has 0 saturated carbocycles. The van der Waals surface area contributed by atoms with E-state index in [1.807, 2.05) is 12.1 Å². The Hall–Kier alpha value is -2.40. The summed E-state index contributed by atoms with van der Waals surface area (Å²) in [6, 6.07) is 12.2. The fraction of sp³-hybridized carbons (Fsp3) is 0.133. The van der Waals surface area contributed by atoms with Crippen LogP contribution in [0.3, 0.4) is 0 Å². The Bertz CT molecular complexity index is 714. The highest BCUT2D eigenvalue weighted by Gasteiger charge is 2.12. The fourth-order valence-electron chi connectivity index (χ4n) is 1.80. The largest absolute Gasteiger partial charge is 0.278 e. The number of halogens is 1. The number of hydrogen-bond donors (Lipinski definition) is 1. The highest BCUT2D eigenvalue weighted by atomic mass is 35.5. The Morgan fingerprint density at radius 3 is 2.71 bits per heavy atom. The fourth-order valence-corrected chi connectivity index (χ4v) is 1.99. The van der Waals surface area contributed by atoms with Crippen LogP contribution >= 0.6 is 11.6 Å². The van der Waals surface area contributed by atoms with Gasteiger partial charge in [-0.1, -0.05) is 29.8 Å². The second kappa shape index (κ2) is 6.37. The van der Waals surface area contributed by atoms with Gasteiger partial charge in [-0.2, -0.15) is 5.10 Å². The number of rotatable bonds is 4. The van der Waals surface area contributed by atoms with Crippen molar-refractivity contribution in [2.75, 3.05) is 5.43 Å². The molecule has 0 atom stereocenters. The third-order valence-electron chi connectivity index (χ3n) is 3.00. The molecular formula is C15H14ClN3O2. The van der Waals surface area contributed by atoms with Gasteiger partial charge in [0.25, 0.3) is 5.69 Å². The zero-order valence-corrected chi connectivity index (χ0v) is 12.4. The lowest BCUT2D eigenvalue weighted by atomic mass is 10.1. The maximum atomic E-state index is 10.9. The highest BCUT2D eigenvalue weighted by Crippen LogP contribution is 2.20. The van der Waals surface area contributed by atoms with Gasteiger partial charge in [0, 0.05) is 22.2 Å². The van der Waals surface area contributed by atoms with Gasteiger partial charge < -0.3 is 0 Å². The van der Waals surface area contributed by atoms with Crippen LogP contribution in [0.25, 0.3) is 0 Å². The number of hydrazone groups is 1. The molecule has 2 aromatic carbocycles. The van der Waals surface area contributed by atoms with Gasteiger partial charge in [-0.3, -0.25) is 15.5 Å². The third kappa shape index (κ3) is 3.79. The summed E-state index contributed by atoms with van der Waals surface area (Å²) < 4.78 is 0. The van der Waals surface area contributed by atoms with Crippen LogP contribution in [-0.4, -0.2) is 10.6 Å². The third-order valence-corrected chi connectivity index (χ3v) is 3.24. The lowest BCUT2D eigenvalue weighted by Crippen LogP contribution is -2.01. The van der Waals surface area contributed by atoms with E-state index in [0.29, 0.717) is 21.9 Å². The summed E-state index contributed by atoms with van der Waals surface area (Å²) in [7, 11) is 0. The van der Waals surface area contributed by atoms with Crippen molar-refractivity contribution >= 4 is 28.7 Å². The number of aryl methyl sites for hydroxylation is 1. The van der Waals surface area contributed by atoms with Gasteiger partial charge in [-0.15, -0.1) is 0 Å². The summed E-state index contributed by atoms with van der Waals surface area (Å²) in [6.07, 6.45) is 0. The van der Waals surface area contributed by atoms with Crippen LogP contribution in [0.2, 0.25) is 5.02 Å². The molecule has 0 amide bonds. The second-order valence-electron chi connectivity index (χ2n) is 4.58. The number of benzene rings is 2. The van der Waals surface area contributed by atoms with Gasteiger partial charge in [-0.25, -0.2) is 0 Å². The van der Waals surface area contributed by atoms with Crippen molar-refractivity contribution in [1.29, 1.82) is 0 Å². The van der Waals surface area contributed by atoms with E-state index in [0.717, 1.165) is 5.69 Å². The highest BCUT2D eigenvalue weighted by molar-refractivity contribution is 6.30. The quantitative estimate of drug-likeness (QED) is 0.517. The minimum atomic E-state index is -0.392. The van der Waals surface area contributed by atoms with E-state index in [4.69, 9.17) is 11.6 Å². The predicted octanol–water partition coefficient (Wildman–Crippen LogP) is 4.39. The molecule has 0 aliphatic heterocycles. The summed E-state index contributed by atoms with van der Waals surface area (Å²) >= 11 is 5.89. The zero-order chi connectivity index (χ0) is 15.4. The Kier molecular flexibility index (Phi) is 4.55. The van der Waals surface area contributed by atoms with Crippen molar-refractivity contribution in [3.8, 4) is 0 Å². The molecule has 2 aromatic rings. The van der Waals surface area contributed by atoms with E-state index in [2.05, 4.69) is 10.5 Å². The van der Waals surface area contributed by atoms with Gasteiger partial charge in [-0.05, 0) is 32.0 Å². The van der Waals surface area contributed by atoms with Crippen molar-refractivity contribution < 1.29 is 4.92 Å². The van der Waals surface area contributed by atoms with E-state index in [1.54, 1.807) is 38.1 Å². The van der Waals surface area contributed by atoms with Gasteiger partial charge in [0.05, 0.1) is 16.3 Å². The molecule has 1 N–H and O–H groups in total. The Morgan fingerprint density at radius 1 is 1.29 bits per heavy atom. The van der Waals surface area contributed by atoms with Crippen LogP contribution in [0, 0.1) is 17.0 Å². The van der Waals surface area contributed by atoms with Gasteiger partial charge >= 0.3 is 0 Å². The first-order valence-electron chi connectivity index (χ1n) is 6.28. The molecule has 0 aliphatic rings. The molecular weight excluding hydrogens is 290 g/mol. The Labute approximate surface area is 127 Å². The average molecular weight is 304 g/mol. The molecule has 6 heteroatoms. The summed E-state index contributed by atoms with van der Waals surface area (Å²) in [5, 5.41) is 15.8. The smallest absolute Gasteiger partial charge is 0.272 e. The minimum Gasteiger partial charge on any atom is -0.278 e. The van der Waals surface area contributed by atoms with E-state index in [-0.39, 0.29) is 5.69 Å². The number of hydrogen-bond acceptors (Lipinski definition) is 4. The molecule has 0 fully saturated rings. The van der Waals surface area contributed by atoms with Crippen LogP contribution in [-0.2, 0) is 0 Å². The molecule has 0 aliphatic carbocycles. The summed E-state index contributed by atoms with van der Waals surface area (Å²) in [6.45, 7) is 3.49. The normalized spacial score (nSPS) is 11.3. The monoisotopic (exact) mass is 303 g/mol. The first kappa shape index (κ1) is 15.0. The first-order chi connectivity index (χ1) is 9.97. The molecule has 0 unspecified atom stereocenters. The molecule has 108 valence electrons. The topological polar surface area (TPSA) is 67.5 Å². The Balaban J connectivity index is 2.23. The maximum absolute atomic E-state index is 10.9. The predicted molar refractivity (Wildman–Crippen MR) is 85.1 cm³/mol. The molecule has 21 heavy (non-hydrogen) atoms. The minimum absolute atomic E-state index is 0.0878. The summed E-state index contributed by atoms with van der Waals surface area (Å²) in [4.78, 5) is 10.6. The van der Waals surface area contributed by atoms with Crippen LogP contribution < -0.4 is 5.43 Å². The number of nitro benzene ring substituents is 1. The van der Waals surface area contributed by atoms with Crippen molar-refractivity contribution in [2.45, 2.75) is 13.8 Å². The summed E-state index contributed by atoms with van der Waals surface area (Å²) in [5.41, 5.74) is 5.69. The van der Waals surface area contributed by atoms with Crippen molar-refractivity contribution in [3.05, 3.63) is 68.7 Å². The van der Waals surface area contributed by atoms with E-state index >= 15 is 0 Å². The molecule has 0 bridgehead atoms. The summed E-state index contributed by atoms with van der Waals surface area (Å²) in [5.74, 6) is 0. The molecule has 0 spiro atoms. The molecule has 0 saturated heterocycles. The van der Waals surface area contributed by atoms with E-state index in [1.165, 1.54) is 6.07 Å². The number of nitrogens with one attached hydrogen (secondary N) is 1. The van der Waals surface area contributed by atoms with Gasteiger partial charge in [0.2, 0.25) is 0 Å². The number of nitrogens with zero attached hydrogens (tertiary/aromatic N) is 2. The van der Waals surface area contributed by atoms with E-state index < -0.39 is 4.92 Å². The lowest BCUT2D eigenvalue weighted by molar-refractivity contribution is -0.385. The van der Waals surface area contributed by atoms with Crippen molar-refractivity contribution in [2.24, 2.45) is 5.10 Å². The molecule has 5 nitrogen and oxygen atoms in total. The van der Waals surface area contributed by atoms with Gasteiger partial charge in [0.15, 0.2) is 0 Å². The lowest BCUT2D eigenvalue weighted by Gasteiger charge is -2.05. The van der Waals surface area contributed by atoms with Crippen molar-refractivity contribution in [1.82, 2.24) is 0 Å². The number of anilines is 1. The van der Waals surface area contributed by atoms with E-state index in [9.17, 15) is 10.1 Å². The first-order valence-corrected chi connectivity index (χ1v) is 6.66. The van der Waals surface area contributed by atoms with Crippen LogP contribution in [0.1, 0.15) is 18.1 Å². The zero-order valence-electron chi connectivity index (χ0n) is 11.6. The molecule has 0 heterocycles. The standard InChI is InChI=1S/C15H14ClN3O2/c1-10-6-7-12(8-15(10)19(20)21)11(2)17-18-14-5-3-4-13(16)9-14/h3-9,18H,1-2H3/b17-11-. The molecule has 0 aromatic heterocycles. The average Bonchev–Trinajstić information content (AvgIpc) is 2.45. The Morgan fingerprint density at radius 2 is 2.05 bits per heavy atom. The van der Waals surface area contributed by atoms with Crippen LogP contribution in [0.4, 0.5) is 11.4 Å². The van der Waals surface area contributed by atoms with Crippen LogP contribution in [0.5, 0.6) is 0 Å². The molecule has 2 rings (SSSR count). The maximum Gasteiger partial charge on any atom is 0.272 e. The SMILES string of the molecule is C/C(=N/Nc1cccc(Cl)c1)c1ccc(C)c([N+](=O)[O-])c1. The number of nitro groups is 1. The second-order valence-corrected chi connectivity index (χ2v) is 5.01. The van der Waals surface area contributed by atoms with Gasteiger partial charge in [0.1, 0.15) is 0 Å². The van der Waals surface area contributed by atoms with Crippen LogP contribution in [0.15, 0.2) is 47.6 Å². The van der Waals surface area contributed by atoms with Crippen molar-refractivity contribution in [3.63, 3.8) is 0 Å².